The summed E-state index contributed by atoms with van der Waals surface area (Å²) >= 11 is 0. The van der Waals surface area contributed by atoms with Crippen molar-refractivity contribution in [3.63, 3.8) is 0 Å². The monoisotopic (exact) mass is 281 g/mol. The Morgan fingerprint density at radius 3 is 2.24 bits per heavy atom. The van der Waals surface area contributed by atoms with Crippen molar-refractivity contribution in [3.05, 3.63) is 18.2 Å². The van der Waals surface area contributed by atoms with E-state index in [1.54, 1.807) is 6.07 Å². The van der Waals surface area contributed by atoms with E-state index in [-0.39, 0.29) is 29.6 Å². The van der Waals surface area contributed by atoms with Crippen molar-refractivity contribution in [1.82, 2.24) is 0 Å². The predicted octanol–water partition coefficient (Wildman–Crippen LogP) is 0.858. The molecule has 1 aromatic rings. The second-order valence-corrected chi connectivity index (χ2v) is 5.23. The average Bonchev–Trinajstić information content (AvgIpc) is 2.28. The maximum absolute atomic E-state index is 11.7. The van der Waals surface area contributed by atoms with Gasteiger partial charge in [-0.2, -0.15) is 0 Å². The van der Waals surface area contributed by atoms with Crippen LogP contribution in [0.25, 0.3) is 0 Å². The first-order valence-electron chi connectivity index (χ1n) is 4.70. The Labute approximate surface area is 107 Å². The van der Waals surface area contributed by atoms with E-state index in [9.17, 15) is 8.42 Å². The summed E-state index contributed by atoms with van der Waals surface area (Å²) in [5, 5.41) is 0. The maximum atomic E-state index is 11.7. The van der Waals surface area contributed by atoms with Gasteiger partial charge in [0.25, 0.3) is 0 Å². The van der Waals surface area contributed by atoms with Gasteiger partial charge in [0.15, 0.2) is 21.3 Å². The Morgan fingerprint density at radius 2 is 1.76 bits per heavy atom. The predicted molar refractivity (Wildman–Crippen MR) is 67.9 cm³/mol. The summed E-state index contributed by atoms with van der Waals surface area (Å²) in [7, 11) is -0.381. The summed E-state index contributed by atoms with van der Waals surface area (Å²) in [5.41, 5.74) is 5.24. The standard InChI is InChI=1S/C10H15NO4S.ClH/c1-14-9-4-3-8(7-10(9)15-2)16(12,13)6-5-11;/h3-4,7H,5-6,11H2,1-2H3;1H. The van der Waals surface area contributed by atoms with Crippen molar-refractivity contribution in [2.24, 2.45) is 5.73 Å². The van der Waals surface area contributed by atoms with E-state index >= 15 is 0 Å². The quantitative estimate of drug-likeness (QED) is 0.866. The lowest BCUT2D eigenvalue weighted by Crippen LogP contribution is -2.15. The Balaban J connectivity index is 0.00000256. The molecule has 0 saturated carbocycles. The van der Waals surface area contributed by atoms with Crippen LogP contribution in [0.15, 0.2) is 23.1 Å². The van der Waals surface area contributed by atoms with Gasteiger partial charge in [0, 0.05) is 12.6 Å². The van der Waals surface area contributed by atoms with E-state index in [0.717, 1.165) is 0 Å². The molecule has 0 atom stereocenters. The van der Waals surface area contributed by atoms with Crippen LogP contribution < -0.4 is 15.2 Å². The van der Waals surface area contributed by atoms with Gasteiger partial charge < -0.3 is 15.2 Å². The van der Waals surface area contributed by atoms with Gasteiger partial charge in [0.1, 0.15) is 0 Å². The number of benzene rings is 1. The molecule has 0 bridgehead atoms. The summed E-state index contributed by atoms with van der Waals surface area (Å²) in [4.78, 5) is 0.190. The minimum Gasteiger partial charge on any atom is -0.493 e. The molecule has 0 aromatic heterocycles. The molecule has 98 valence electrons. The summed E-state index contributed by atoms with van der Waals surface area (Å²) in [6.45, 7) is 0.0939. The molecule has 0 unspecified atom stereocenters. The summed E-state index contributed by atoms with van der Waals surface area (Å²) in [5.74, 6) is 0.803. The van der Waals surface area contributed by atoms with Crippen LogP contribution in [0.5, 0.6) is 11.5 Å². The molecule has 0 aliphatic carbocycles. The highest BCUT2D eigenvalue weighted by Gasteiger charge is 2.16. The van der Waals surface area contributed by atoms with Crippen LogP contribution in [0.4, 0.5) is 0 Å². The number of methoxy groups -OCH3 is 2. The first-order chi connectivity index (χ1) is 7.55. The molecule has 0 radical (unpaired) electrons. The molecule has 0 aliphatic heterocycles. The van der Waals surface area contributed by atoms with Crippen LogP contribution >= 0.6 is 12.4 Å². The minimum absolute atomic E-state index is 0. The second kappa shape index (κ2) is 6.68. The van der Waals surface area contributed by atoms with Crippen LogP contribution in [0.2, 0.25) is 0 Å². The summed E-state index contributed by atoms with van der Waals surface area (Å²) in [6.07, 6.45) is 0. The molecule has 1 aromatic carbocycles. The lowest BCUT2D eigenvalue weighted by Gasteiger charge is -2.09. The first-order valence-corrected chi connectivity index (χ1v) is 6.35. The van der Waals surface area contributed by atoms with Crippen molar-refractivity contribution < 1.29 is 17.9 Å². The van der Waals surface area contributed by atoms with Crippen LogP contribution in [-0.2, 0) is 9.84 Å². The van der Waals surface area contributed by atoms with Gasteiger partial charge in [0.2, 0.25) is 0 Å². The summed E-state index contributed by atoms with van der Waals surface area (Å²) in [6, 6.07) is 4.47. The summed E-state index contributed by atoms with van der Waals surface area (Å²) < 4.78 is 33.5. The highest BCUT2D eigenvalue weighted by Crippen LogP contribution is 2.29. The van der Waals surface area contributed by atoms with Crippen LogP contribution in [0.3, 0.4) is 0 Å². The van der Waals surface area contributed by atoms with Crippen molar-refractivity contribution in [3.8, 4) is 11.5 Å². The topological polar surface area (TPSA) is 78.6 Å². The van der Waals surface area contributed by atoms with Gasteiger partial charge in [0.05, 0.1) is 24.9 Å². The third kappa shape index (κ3) is 3.76. The van der Waals surface area contributed by atoms with Crippen molar-refractivity contribution in [2.75, 3.05) is 26.5 Å². The molecule has 0 saturated heterocycles. The highest BCUT2D eigenvalue weighted by molar-refractivity contribution is 7.91. The molecule has 0 amide bonds. The number of hydrogen-bond acceptors (Lipinski definition) is 5. The minimum atomic E-state index is -3.33. The van der Waals surface area contributed by atoms with Crippen LogP contribution in [-0.4, -0.2) is 34.9 Å². The molecule has 0 aliphatic rings. The molecule has 17 heavy (non-hydrogen) atoms. The molecule has 2 N–H and O–H groups in total. The fourth-order valence-corrected chi connectivity index (χ4v) is 2.39. The van der Waals surface area contributed by atoms with E-state index < -0.39 is 9.84 Å². The van der Waals surface area contributed by atoms with Gasteiger partial charge in [-0.05, 0) is 12.1 Å². The lowest BCUT2D eigenvalue weighted by molar-refractivity contribution is 0.354. The number of hydrogen-bond donors (Lipinski definition) is 1. The molecule has 7 heteroatoms. The Bertz CT molecular complexity index is 461. The second-order valence-electron chi connectivity index (χ2n) is 3.12. The van der Waals surface area contributed by atoms with Crippen molar-refractivity contribution in [1.29, 1.82) is 0 Å². The lowest BCUT2D eigenvalue weighted by atomic mass is 10.3. The van der Waals surface area contributed by atoms with Crippen LogP contribution in [0.1, 0.15) is 0 Å². The molecule has 5 nitrogen and oxygen atoms in total. The molecular formula is C10H16ClNO4S. The molecular weight excluding hydrogens is 266 g/mol. The highest BCUT2D eigenvalue weighted by atomic mass is 35.5. The fourth-order valence-electron chi connectivity index (χ4n) is 1.28. The number of sulfone groups is 1. The third-order valence-electron chi connectivity index (χ3n) is 2.10. The number of ether oxygens (including phenoxy) is 2. The van der Waals surface area contributed by atoms with Gasteiger partial charge in [-0.25, -0.2) is 8.42 Å². The van der Waals surface area contributed by atoms with Gasteiger partial charge >= 0.3 is 0 Å². The number of nitrogens with two attached hydrogens (primary N) is 1. The SMILES string of the molecule is COc1ccc(S(=O)(=O)CCN)cc1OC.Cl. The smallest absolute Gasteiger partial charge is 0.179 e. The largest absolute Gasteiger partial charge is 0.493 e. The van der Waals surface area contributed by atoms with Gasteiger partial charge in [-0.1, -0.05) is 0 Å². The fraction of sp³-hybridized carbons (Fsp3) is 0.400. The average molecular weight is 282 g/mol. The van der Waals surface area contributed by atoms with Gasteiger partial charge in [-0.15, -0.1) is 12.4 Å². The number of rotatable bonds is 5. The third-order valence-corrected chi connectivity index (χ3v) is 3.85. The molecule has 1 rings (SSSR count). The van der Waals surface area contributed by atoms with E-state index in [4.69, 9.17) is 15.2 Å². The van der Waals surface area contributed by atoms with E-state index in [1.807, 2.05) is 0 Å². The molecule has 0 heterocycles. The first kappa shape index (κ1) is 16.0. The van der Waals surface area contributed by atoms with Crippen molar-refractivity contribution >= 4 is 22.2 Å². The maximum Gasteiger partial charge on any atom is 0.179 e. The normalized spacial score (nSPS) is 10.5. The Morgan fingerprint density at radius 1 is 1.18 bits per heavy atom. The number of halogens is 1. The van der Waals surface area contributed by atoms with Gasteiger partial charge in [-0.3, -0.25) is 0 Å². The Hall–Kier alpha value is -0.980. The zero-order valence-corrected chi connectivity index (χ0v) is 11.3. The zero-order valence-electron chi connectivity index (χ0n) is 9.67. The van der Waals surface area contributed by atoms with E-state index in [2.05, 4.69) is 0 Å². The van der Waals surface area contributed by atoms with E-state index in [0.29, 0.717) is 11.5 Å². The molecule has 0 fully saturated rings. The molecule has 0 spiro atoms. The van der Waals surface area contributed by atoms with Crippen molar-refractivity contribution in [2.45, 2.75) is 4.90 Å². The zero-order chi connectivity index (χ0) is 12.2. The van der Waals surface area contributed by atoms with Crippen LogP contribution in [0, 0.1) is 0 Å². The Kier molecular flexibility index (Phi) is 6.30. The van der Waals surface area contributed by atoms with E-state index in [1.165, 1.54) is 26.4 Å².